The van der Waals surface area contributed by atoms with Gasteiger partial charge in [-0.25, -0.2) is 0 Å². The molecule has 4 heteroatoms. The number of hydrogen-bond acceptors (Lipinski definition) is 2. The van der Waals surface area contributed by atoms with E-state index in [4.69, 9.17) is 0 Å². The van der Waals surface area contributed by atoms with E-state index in [1.165, 1.54) is 106 Å². The molecular formula is C48H28N2S2. The lowest BCUT2D eigenvalue weighted by Gasteiger charge is -2.10. The molecule has 52 heavy (non-hydrogen) atoms. The minimum Gasteiger partial charge on any atom is -0.309 e. The molecule has 0 amide bonds. The highest BCUT2D eigenvalue weighted by Crippen LogP contribution is 2.47. The highest BCUT2D eigenvalue weighted by atomic mass is 32.1. The van der Waals surface area contributed by atoms with Crippen LogP contribution in [0.1, 0.15) is 0 Å². The number of thiophene rings is 2. The Balaban J connectivity index is 1.16. The van der Waals surface area contributed by atoms with Crippen LogP contribution in [0.4, 0.5) is 0 Å². The zero-order chi connectivity index (χ0) is 33.9. The molecule has 2 nitrogen and oxygen atoms in total. The Morgan fingerprint density at radius 3 is 1.88 bits per heavy atom. The van der Waals surface area contributed by atoms with E-state index in [0.717, 1.165) is 0 Å². The van der Waals surface area contributed by atoms with Gasteiger partial charge in [0, 0.05) is 78.8 Å². The second-order valence-corrected chi connectivity index (χ2v) is 15.8. The van der Waals surface area contributed by atoms with Crippen LogP contribution in [0.3, 0.4) is 0 Å². The van der Waals surface area contributed by atoms with Crippen LogP contribution in [0.5, 0.6) is 0 Å². The van der Waals surface area contributed by atoms with Crippen LogP contribution in [-0.2, 0) is 0 Å². The van der Waals surface area contributed by atoms with E-state index in [9.17, 15) is 0 Å². The van der Waals surface area contributed by atoms with Crippen molar-refractivity contribution in [2.45, 2.75) is 0 Å². The van der Waals surface area contributed by atoms with Gasteiger partial charge in [-0.05, 0) is 66.2 Å². The highest BCUT2D eigenvalue weighted by Gasteiger charge is 2.22. The van der Waals surface area contributed by atoms with Crippen LogP contribution in [-0.4, -0.2) is 9.13 Å². The first-order valence-electron chi connectivity index (χ1n) is 17.7. The van der Waals surface area contributed by atoms with Gasteiger partial charge in [0.1, 0.15) is 0 Å². The van der Waals surface area contributed by atoms with Crippen molar-refractivity contribution in [3.05, 3.63) is 170 Å². The predicted octanol–water partition coefficient (Wildman–Crippen LogP) is 14.3. The van der Waals surface area contributed by atoms with Gasteiger partial charge < -0.3 is 9.13 Å². The summed E-state index contributed by atoms with van der Waals surface area (Å²) in [6, 6.07) is 62.7. The van der Waals surface area contributed by atoms with Crippen molar-refractivity contribution < 1.29 is 0 Å². The Hall–Kier alpha value is -6.20. The largest absolute Gasteiger partial charge is 0.309 e. The molecule has 0 radical (unpaired) electrons. The van der Waals surface area contributed by atoms with Gasteiger partial charge in [-0.3, -0.25) is 0 Å². The van der Waals surface area contributed by atoms with E-state index in [2.05, 4.69) is 179 Å². The minimum atomic E-state index is 1.17. The summed E-state index contributed by atoms with van der Waals surface area (Å²) in [5.74, 6) is 0. The summed E-state index contributed by atoms with van der Waals surface area (Å²) in [4.78, 5) is 0. The number of para-hydroxylation sites is 3. The van der Waals surface area contributed by atoms with Gasteiger partial charge in [0.15, 0.2) is 0 Å². The van der Waals surface area contributed by atoms with Crippen LogP contribution in [0.15, 0.2) is 170 Å². The molecule has 0 unspecified atom stereocenters. The van der Waals surface area contributed by atoms with Gasteiger partial charge in [-0.1, -0.05) is 109 Å². The SMILES string of the molecule is c1ccc(-n2c3ccccc3c3c2ccc2c4ccccc4n(-c4ccc5sc6c(-c7cccc8sc9ccccc9c78)cccc6c5c4)c23)cc1. The Morgan fingerprint density at radius 2 is 1.00 bits per heavy atom. The number of aromatic nitrogens is 2. The third-order valence-electron chi connectivity index (χ3n) is 10.9. The lowest BCUT2D eigenvalue weighted by Crippen LogP contribution is -1.95. The monoisotopic (exact) mass is 696 g/mol. The van der Waals surface area contributed by atoms with Gasteiger partial charge in [-0.2, -0.15) is 0 Å². The zero-order valence-corrected chi connectivity index (χ0v) is 29.5. The Kier molecular flexibility index (Phi) is 5.84. The number of nitrogens with zero attached hydrogens (tertiary/aromatic N) is 2. The molecule has 0 N–H and O–H groups in total. The van der Waals surface area contributed by atoms with E-state index in [1.54, 1.807) is 0 Å². The van der Waals surface area contributed by atoms with Crippen molar-refractivity contribution in [3.63, 3.8) is 0 Å². The summed E-state index contributed by atoms with van der Waals surface area (Å²) in [5, 5.41) is 10.4. The average Bonchev–Trinajstić information content (AvgIpc) is 3.95. The molecule has 4 heterocycles. The van der Waals surface area contributed by atoms with Crippen molar-refractivity contribution in [1.82, 2.24) is 9.13 Å². The highest BCUT2D eigenvalue weighted by molar-refractivity contribution is 7.26. The summed E-state index contributed by atoms with van der Waals surface area (Å²) in [7, 11) is 0. The first-order valence-corrected chi connectivity index (χ1v) is 19.3. The first-order chi connectivity index (χ1) is 25.8. The van der Waals surface area contributed by atoms with Gasteiger partial charge in [0.25, 0.3) is 0 Å². The molecule has 0 saturated heterocycles. The number of hydrogen-bond donors (Lipinski definition) is 0. The topological polar surface area (TPSA) is 9.86 Å². The molecule has 12 rings (SSSR count). The average molecular weight is 697 g/mol. The quantitative estimate of drug-likeness (QED) is 0.174. The predicted molar refractivity (Wildman–Crippen MR) is 226 cm³/mol. The summed E-state index contributed by atoms with van der Waals surface area (Å²) in [6.45, 7) is 0. The standard InChI is InChI=1S/C48H28N2S2/c1-2-12-29(13-3-1)49-40-21-8-5-15-36(40)46-41(49)26-25-33-31-14-4-7-20-39(31)50(47(33)46)30-24-27-43-38(28-30)35-19-10-18-34(48(35)52-43)32-17-11-23-44-45(32)37-16-6-9-22-42(37)51-44/h1-28H. The fourth-order valence-corrected chi connectivity index (χ4v) is 11.1. The summed E-state index contributed by atoms with van der Waals surface area (Å²) >= 11 is 3.79. The molecule has 0 bridgehead atoms. The smallest absolute Gasteiger partial charge is 0.0641 e. The van der Waals surface area contributed by atoms with Crippen molar-refractivity contribution in [3.8, 4) is 22.5 Å². The molecule has 242 valence electrons. The molecule has 0 fully saturated rings. The van der Waals surface area contributed by atoms with Crippen LogP contribution < -0.4 is 0 Å². The van der Waals surface area contributed by atoms with Crippen LogP contribution >= 0.6 is 22.7 Å². The zero-order valence-electron chi connectivity index (χ0n) is 27.9. The first kappa shape index (κ1) is 28.5. The number of benzene rings is 8. The van der Waals surface area contributed by atoms with Crippen molar-refractivity contribution in [2.24, 2.45) is 0 Å². The molecule has 4 aromatic heterocycles. The van der Waals surface area contributed by atoms with Gasteiger partial charge >= 0.3 is 0 Å². The summed E-state index contributed by atoms with van der Waals surface area (Å²) in [5.41, 5.74) is 9.87. The molecular weight excluding hydrogens is 669 g/mol. The fourth-order valence-electron chi connectivity index (χ4n) is 8.77. The lowest BCUT2D eigenvalue weighted by atomic mass is 9.98. The van der Waals surface area contributed by atoms with Crippen molar-refractivity contribution >= 4 is 107 Å². The number of rotatable bonds is 3. The normalized spacial score (nSPS) is 12.2. The molecule has 12 aromatic rings. The third kappa shape index (κ3) is 3.83. The van der Waals surface area contributed by atoms with Gasteiger partial charge in [-0.15, -0.1) is 22.7 Å². The minimum absolute atomic E-state index is 1.17. The molecule has 0 aliphatic rings. The Morgan fingerprint density at radius 1 is 0.327 bits per heavy atom. The molecule has 0 spiro atoms. The molecule has 0 saturated carbocycles. The van der Waals surface area contributed by atoms with E-state index in [-0.39, 0.29) is 0 Å². The summed E-state index contributed by atoms with van der Waals surface area (Å²) in [6.07, 6.45) is 0. The van der Waals surface area contributed by atoms with Gasteiger partial charge in [0.05, 0.1) is 22.1 Å². The molecule has 0 aliphatic carbocycles. The van der Waals surface area contributed by atoms with Crippen molar-refractivity contribution in [2.75, 3.05) is 0 Å². The second-order valence-electron chi connectivity index (χ2n) is 13.6. The Labute approximate surface area is 306 Å². The summed E-state index contributed by atoms with van der Waals surface area (Å²) < 4.78 is 10.3. The lowest BCUT2D eigenvalue weighted by molar-refractivity contribution is 1.18. The molecule has 8 aromatic carbocycles. The molecule has 0 atom stereocenters. The van der Waals surface area contributed by atoms with Crippen LogP contribution in [0, 0.1) is 0 Å². The number of fused-ring (bicyclic) bond motifs is 13. The maximum absolute atomic E-state index is 2.51. The molecule has 0 aliphatic heterocycles. The van der Waals surface area contributed by atoms with Gasteiger partial charge in [0.2, 0.25) is 0 Å². The van der Waals surface area contributed by atoms with E-state index >= 15 is 0 Å². The fraction of sp³-hybridized carbons (Fsp3) is 0. The maximum Gasteiger partial charge on any atom is 0.0641 e. The maximum atomic E-state index is 2.51. The second kappa shape index (κ2) is 10.7. The van der Waals surface area contributed by atoms with E-state index in [0.29, 0.717) is 0 Å². The third-order valence-corrected chi connectivity index (χ3v) is 13.3. The van der Waals surface area contributed by atoms with Crippen LogP contribution in [0.25, 0.3) is 106 Å². The van der Waals surface area contributed by atoms with Crippen molar-refractivity contribution in [1.29, 1.82) is 0 Å². The van der Waals surface area contributed by atoms with E-state index in [1.807, 2.05) is 22.7 Å². The Bertz CT molecular complexity index is 3410. The van der Waals surface area contributed by atoms with Crippen LogP contribution in [0.2, 0.25) is 0 Å². The van der Waals surface area contributed by atoms with E-state index < -0.39 is 0 Å².